The second-order valence-corrected chi connectivity index (χ2v) is 4.42. The molecule has 0 aromatic rings. The van der Waals surface area contributed by atoms with Crippen LogP contribution in [0.4, 0.5) is 0 Å². The molecule has 0 amide bonds. The molecule has 0 heterocycles. The lowest BCUT2D eigenvalue weighted by atomic mass is 10.1. The number of hydrogen-bond acceptors (Lipinski definition) is 2. The van der Waals surface area contributed by atoms with Crippen LogP contribution in [0, 0.1) is 0 Å². The fourth-order valence-electron chi connectivity index (χ4n) is 0.481. The van der Waals surface area contributed by atoms with Gasteiger partial charge < -0.3 is 10.4 Å². The molecule has 0 fully saturated rings. The van der Waals surface area contributed by atoms with E-state index in [0.717, 1.165) is 0 Å². The molecule has 0 radical (unpaired) electrons. The normalized spacial score (nSPS) is 13.8. The first-order valence-corrected chi connectivity index (χ1v) is 3.68. The minimum absolute atomic E-state index is 0.0972. The maximum absolute atomic E-state index is 9.32. The standard InChI is InChI=1S/C8H19NO/c1-7(2,3)9-6-8(4,5)10/h9-10H,6H2,1-5H3. The molecule has 2 heteroatoms. The van der Waals surface area contributed by atoms with Crippen LogP contribution in [0.5, 0.6) is 0 Å². The monoisotopic (exact) mass is 145 g/mol. The van der Waals surface area contributed by atoms with Crippen molar-refractivity contribution in [1.29, 1.82) is 0 Å². The van der Waals surface area contributed by atoms with Crippen molar-refractivity contribution in [2.24, 2.45) is 0 Å². The zero-order valence-corrected chi connectivity index (χ0v) is 7.65. The van der Waals surface area contributed by atoms with Crippen molar-refractivity contribution < 1.29 is 5.11 Å². The molecule has 0 aromatic heterocycles. The van der Waals surface area contributed by atoms with E-state index in [4.69, 9.17) is 0 Å². The zero-order chi connectivity index (χ0) is 8.41. The van der Waals surface area contributed by atoms with Gasteiger partial charge in [0, 0.05) is 12.1 Å². The molecule has 10 heavy (non-hydrogen) atoms. The van der Waals surface area contributed by atoms with Gasteiger partial charge in [0.2, 0.25) is 0 Å². The second-order valence-electron chi connectivity index (χ2n) is 4.42. The van der Waals surface area contributed by atoms with E-state index in [9.17, 15) is 5.11 Å². The van der Waals surface area contributed by atoms with Crippen molar-refractivity contribution in [3.8, 4) is 0 Å². The molecule has 0 unspecified atom stereocenters. The Labute approximate surface area is 63.6 Å². The molecule has 0 aliphatic heterocycles. The Morgan fingerprint density at radius 1 is 1.10 bits per heavy atom. The lowest BCUT2D eigenvalue weighted by Gasteiger charge is -2.26. The van der Waals surface area contributed by atoms with Crippen LogP contribution >= 0.6 is 0 Å². The lowest BCUT2D eigenvalue weighted by molar-refractivity contribution is 0.0724. The van der Waals surface area contributed by atoms with Crippen molar-refractivity contribution in [2.45, 2.75) is 45.8 Å². The van der Waals surface area contributed by atoms with E-state index >= 15 is 0 Å². The van der Waals surface area contributed by atoms with Crippen molar-refractivity contribution in [3.63, 3.8) is 0 Å². The minimum atomic E-state index is -0.604. The third-order valence-electron chi connectivity index (χ3n) is 1.05. The third kappa shape index (κ3) is 7.92. The zero-order valence-electron chi connectivity index (χ0n) is 7.65. The van der Waals surface area contributed by atoms with Gasteiger partial charge in [0.1, 0.15) is 0 Å². The molecule has 2 nitrogen and oxygen atoms in total. The minimum Gasteiger partial charge on any atom is -0.389 e. The Morgan fingerprint density at radius 3 is 1.60 bits per heavy atom. The van der Waals surface area contributed by atoms with Crippen LogP contribution in [-0.4, -0.2) is 22.8 Å². The first kappa shape index (κ1) is 9.92. The summed E-state index contributed by atoms with van der Waals surface area (Å²) in [5.41, 5.74) is -0.507. The Morgan fingerprint density at radius 2 is 1.50 bits per heavy atom. The van der Waals surface area contributed by atoms with Crippen molar-refractivity contribution >= 4 is 0 Å². The molecule has 0 saturated heterocycles. The quantitative estimate of drug-likeness (QED) is 0.611. The van der Waals surface area contributed by atoms with E-state index in [1.165, 1.54) is 0 Å². The van der Waals surface area contributed by atoms with Gasteiger partial charge in [0.05, 0.1) is 5.60 Å². The second kappa shape index (κ2) is 2.89. The number of rotatable bonds is 2. The van der Waals surface area contributed by atoms with E-state index in [1.807, 2.05) is 0 Å². The first-order valence-electron chi connectivity index (χ1n) is 3.68. The van der Waals surface area contributed by atoms with Crippen LogP contribution in [0.1, 0.15) is 34.6 Å². The molecule has 0 aliphatic rings. The number of aliphatic hydroxyl groups is 1. The van der Waals surface area contributed by atoms with Gasteiger partial charge in [-0.05, 0) is 34.6 Å². The Kier molecular flexibility index (Phi) is 2.86. The molecule has 0 spiro atoms. The summed E-state index contributed by atoms with van der Waals surface area (Å²) in [7, 11) is 0. The molecule has 0 saturated carbocycles. The summed E-state index contributed by atoms with van der Waals surface area (Å²) < 4.78 is 0. The highest BCUT2D eigenvalue weighted by atomic mass is 16.3. The summed E-state index contributed by atoms with van der Waals surface area (Å²) in [5, 5.41) is 12.5. The lowest BCUT2D eigenvalue weighted by Crippen LogP contribution is -2.44. The summed E-state index contributed by atoms with van der Waals surface area (Å²) in [4.78, 5) is 0. The van der Waals surface area contributed by atoms with Crippen LogP contribution < -0.4 is 5.32 Å². The van der Waals surface area contributed by atoms with E-state index in [0.29, 0.717) is 6.54 Å². The molecule has 2 N–H and O–H groups in total. The average molecular weight is 145 g/mol. The number of nitrogens with one attached hydrogen (secondary N) is 1. The van der Waals surface area contributed by atoms with Gasteiger partial charge in [-0.3, -0.25) is 0 Å². The van der Waals surface area contributed by atoms with Gasteiger partial charge >= 0.3 is 0 Å². The van der Waals surface area contributed by atoms with Gasteiger partial charge in [-0.2, -0.15) is 0 Å². The molecule has 62 valence electrons. The van der Waals surface area contributed by atoms with Crippen molar-refractivity contribution in [1.82, 2.24) is 5.32 Å². The van der Waals surface area contributed by atoms with Gasteiger partial charge in [-0.25, -0.2) is 0 Å². The smallest absolute Gasteiger partial charge is 0.0715 e. The maximum atomic E-state index is 9.32. The van der Waals surface area contributed by atoms with Gasteiger partial charge in [-0.15, -0.1) is 0 Å². The maximum Gasteiger partial charge on any atom is 0.0715 e. The molecule has 0 aliphatic carbocycles. The summed E-state index contributed by atoms with van der Waals surface area (Å²) in [6.45, 7) is 10.5. The summed E-state index contributed by atoms with van der Waals surface area (Å²) in [6.07, 6.45) is 0. The highest BCUT2D eigenvalue weighted by Gasteiger charge is 2.16. The van der Waals surface area contributed by atoms with Crippen LogP contribution in [-0.2, 0) is 0 Å². The molecular formula is C8H19NO. The van der Waals surface area contributed by atoms with E-state index < -0.39 is 5.60 Å². The molecule has 0 bridgehead atoms. The topological polar surface area (TPSA) is 32.3 Å². The highest BCUT2D eigenvalue weighted by Crippen LogP contribution is 2.03. The molecular weight excluding hydrogens is 126 g/mol. The number of hydrogen-bond donors (Lipinski definition) is 2. The van der Waals surface area contributed by atoms with Gasteiger partial charge in [-0.1, -0.05) is 0 Å². The van der Waals surface area contributed by atoms with Crippen molar-refractivity contribution in [2.75, 3.05) is 6.54 Å². The largest absolute Gasteiger partial charge is 0.389 e. The Hall–Kier alpha value is -0.0800. The van der Waals surface area contributed by atoms with Gasteiger partial charge in [0.25, 0.3) is 0 Å². The van der Waals surface area contributed by atoms with E-state index in [1.54, 1.807) is 13.8 Å². The van der Waals surface area contributed by atoms with E-state index in [2.05, 4.69) is 26.1 Å². The van der Waals surface area contributed by atoms with Crippen molar-refractivity contribution in [3.05, 3.63) is 0 Å². The Balaban J connectivity index is 3.56. The van der Waals surface area contributed by atoms with Gasteiger partial charge in [0.15, 0.2) is 0 Å². The highest BCUT2D eigenvalue weighted by molar-refractivity contribution is 4.76. The van der Waals surface area contributed by atoms with Crippen LogP contribution in [0.2, 0.25) is 0 Å². The van der Waals surface area contributed by atoms with Crippen LogP contribution in [0.15, 0.2) is 0 Å². The molecule has 0 aromatic carbocycles. The first-order chi connectivity index (χ1) is 4.21. The number of β-amino-alcohol motifs (C(OH)–C–C–N with tert-alkyl or cyclic N) is 1. The Bertz CT molecular complexity index is 82.8. The fourth-order valence-corrected chi connectivity index (χ4v) is 0.481. The predicted molar refractivity (Wildman–Crippen MR) is 44.1 cm³/mol. The predicted octanol–water partition coefficient (Wildman–Crippen LogP) is 1.15. The van der Waals surface area contributed by atoms with Crippen LogP contribution in [0.25, 0.3) is 0 Å². The van der Waals surface area contributed by atoms with E-state index in [-0.39, 0.29) is 5.54 Å². The summed E-state index contributed by atoms with van der Waals surface area (Å²) in [5.74, 6) is 0. The average Bonchev–Trinajstić information content (AvgIpc) is 1.57. The fraction of sp³-hybridized carbons (Fsp3) is 1.00. The van der Waals surface area contributed by atoms with Crippen LogP contribution in [0.3, 0.4) is 0 Å². The summed E-state index contributed by atoms with van der Waals surface area (Å²) in [6, 6.07) is 0. The molecule has 0 atom stereocenters. The molecule has 0 rings (SSSR count). The summed E-state index contributed by atoms with van der Waals surface area (Å²) >= 11 is 0. The third-order valence-corrected chi connectivity index (χ3v) is 1.05. The SMILES string of the molecule is CC(C)(O)CNC(C)(C)C.